The van der Waals surface area contributed by atoms with Crippen LogP contribution >= 0.6 is 11.6 Å². The molecule has 0 aromatic heterocycles. The lowest BCUT2D eigenvalue weighted by Crippen LogP contribution is -2.44. The summed E-state index contributed by atoms with van der Waals surface area (Å²) in [6.45, 7) is -0.318. The molecule has 0 aliphatic carbocycles. The Bertz CT molecular complexity index is 1500. The molecule has 0 spiro atoms. The van der Waals surface area contributed by atoms with Crippen molar-refractivity contribution in [3.8, 4) is 0 Å². The average molecular weight is 531 g/mol. The number of hydrogen-bond acceptors (Lipinski definition) is 7. The van der Waals surface area contributed by atoms with E-state index in [9.17, 15) is 18.8 Å². The number of benzene rings is 3. The molecule has 6 rings (SSSR count). The SMILES string of the molecule is O=C1[C@@H]2[C@@H](N=NN2CC(=O)N2N=C(c3ccc(Cl)cc3)C[C@@H]2c2ccccc2)C(=O)N1c1cccc(F)c1. The van der Waals surface area contributed by atoms with Gasteiger partial charge in [-0.15, -0.1) is 0 Å². The Balaban J connectivity index is 1.26. The van der Waals surface area contributed by atoms with Gasteiger partial charge >= 0.3 is 0 Å². The second kappa shape index (κ2) is 9.46. The maximum Gasteiger partial charge on any atom is 0.264 e. The number of hydrazone groups is 1. The zero-order valence-corrected chi connectivity index (χ0v) is 20.6. The molecule has 3 aromatic carbocycles. The van der Waals surface area contributed by atoms with Gasteiger partial charge in [-0.2, -0.15) is 10.2 Å². The van der Waals surface area contributed by atoms with Crippen molar-refractivity contribution in [2.24, 2.45) is 15.4 Å². The van der Waals surface area contributed by atoms with Gasteiger partial charge in [-0.1, -0.05) is 65.4 Å². The summed E-state index contributed by atoms with van der Waals surface area (Å²) in [5.74, 6) is -2.22. The Morgan fingerprint density at radius 3 is 2.47 bits per heavy atom. The second-order valence-electron chi connectivity index (χ2n) is 9.11. The fourth-order valence-corrected chi connectivity index (χ4v) is 5.05. The third-order valence-corrected chi connectivity index (χ3v) is 7.00. The van der Waals surface area contributed by atoms with Crippen LogP contribution in [0, 0.1) is 5.82 Å². The highest BCUT2D eigenvalue weighted by atomic mass is 35.5. The van der Waals surface area contributed by atoms with E-state index in [4.69, 9.17) is 11.6 Å². The van der Waals surface area contributed by atoms with Gasteiger partial charge in [-0.05, 0) is 41.5 Å². The first-order valence-corrected chi connectivity index (χ1v) is 12.3. The van der Waals surface area contributed by atoms with Crippen LogP contribution in [0.15, 0.2) is 94.3 Å². The lowest BCUT2D eigenvalue weighted by Gasteiger charge is -2.25. The van der Waals surface area contributed by atoms with Crippen molar-refractivity contribution in [1.29, 1.82) is 0 Å². The van der Waals surface area contributed by atoms with Crippen molar-refractivity contribution in [2.75, 3.05) is 11.4 Å². The van der Waals surface area contributed by atoms with E-state index in [0.717, 1.165) is 22.1 Å². The van der Waals surface area contributed by atoms with Crippen LogP contribution in [-0.4, -0.2) is 52.1 Å². The first-order valence-electron chi connectivity index (χ1n) is 11.9. The fourth-order valence-electron chi connectivity index (χ4n) is 4.93. The highest BCUT2D eigenvalue weighted by molar-refractivity contribution is 6.30. The Morgan fingerprint density at radius 1 is 0.974 bits per heavy atom. The van der Waals surface area contributed by atoms with Gasteiger partial charge in [0.25, 0.3) is 17.7 Å². The van der Waals surface area contributed by atoms with E-state index in [0.29, 0.717) is 17.2 Å². The number of amides is 3. The number of carbonyl (C=O) groups is 3. The van der Waals surface area contributed by atoms with E-state index < -0.39 is 35.6 Å². The Kier molecular flexibility index (Phi) is 5.96. The van der Waals surface area contributed by atoms with E-state index in [-0.39, 0.29) is 18.3 Å². The van der Waals surface area contributed by atoms with Gasteiger partial charge in [0.15, 0.2) is 12.1 Å². The summed E-state index contributed by atoms with van der Waals surface area (Å²) in [5, 5.41) is 15.8. The van der Waals surface area contributed by atoms with Crippen LogP contribution in [0.4, 0.5) is 10.1 Å². The monoisotopic (exact) mass is 530 g/mol. The second-order valence-corrected chi connectivity index (χ2v) is 9.54. The van der Waals surface area contributed by atoms with Crippen molar-refractivity contribution in [3.05, 3.63) is 101 Å². The quantitative estimate of drug-likeness (QED) is 0.463. The highest BCUT2D eigenvalue weighted by Gasteiger charge is 2.55. The molecule has 0 unspecified atom stereocenters. The van der Waals surface area contributed by atoms with Gasteiger partial charge in [-0.25, -0.2) is 14.3 Å². The summed E-state index contributed by atoms with van der Waals surface area (Å²) in [5.41, 5.74) is 2.57. The van der Waals surface area contributed by atoms with Crippen LogP contribution in [0.2, 0.25) is 5.02 Å². The van der Waals surface area contributed by atoms with Crippen LogP contribution < -0.4 is 4.90 Å². The maximum atomic E-state index is 13.8. The molecule has 38 heavy (non-hydrogen) atoms. The normalized spacial score (nSPS) is 22.3. The predicted molar refractivity (Wildman–Crippen MR) is 137 cm³/mol. The standard InChI is InChI=1S/C27H20ClFN6O3/c28-18-11-9-16(10-12-18)21-14-22(17-5-2-1-3-6-17)35(31-21)23(36)15-33-25-24(30-32-33)26(37)34(27(25)38)20-8-4-7-19(29)13-20/h1-13,22,24-25H,14-15H2/t22-,24-,25+/m1/s1. The van der Waals surface area contributed by atoms with E-state index >= 15 is 0 Å². The third kappa shape index (κ3) is 4.12. The number of anilines is 1. The molecule has 3 aliphatic heterocycles. The third-order valence-electron chi connectivity index (χ3n) is 6.75. The number of nitrogens with zero attached hydrogens (tertiary/aromatic N) is 6. The molecule has 1 fully saturated rings. The summed E-state index contributed by atoms with van der Waals surface area (Å²) >= 11 is 6.04. The van der Waals surface area contributed by atoms with E-state index in [2.05, 4.69) is 15.4 Å². The van der Waals surface area contributed by atoms with Crippen molar-refractivity contribution in [1.82, 2.24) is 10.0 Å². The minimum atomic E-state index is -1.10. The van der Waals surface area contributed by atoms with Gasteiger partial charge in [0.1, 0.15) is 12.4 Å². The molecule has 190 valence electrons. The van der Waals surface area contributed by atoms with Gasteiger partial charge in [-0.3, -0.25) is 19.4 Å². The molecule has 3 amide bonds. The first kappa shape index (κ1) is 23.9. The number of fused-ring (bicyclic) bond motifs is 1. The summed E-state index contributed by atoms with van der Waals surface area (Å²) in [6.07, 6.45) is 0.482. The van der Waals surface area contributed by atoms with Crippen LogP contribution in [0.25, 0.3) is 0 Å². The van der Waals surface area contributed by atoms with Crippen LogP contribution in [0.1, 0.15) is 23.6 Å². The zero-order chi connectivity index (χ0) is 26.4. The summed E-state index contributed by atoms with van der Waals surface area (Å²) in [4.78, 5) is 40.6. The van der Waals surface area contributed by atoms with Crippen LogP contribution in [0.5, 0.6) is 0 Å². The van der Waals surface area contributed by atoms with Crippen molar-refractivity contribution in [2.45, 2.75) is 24.5 Å². The van der Waals surface area contributed by atoms with E-state index in [1.165, 1.54) is 28.2 Å². The number of rotatable bonds is 5. The molecule has 9 nitrogen and oxygen atoms in total. The Hall–Kier alpha value is -4.44. The maximum absolute atomic E-state index is 13.8. The molecule has 3 heterocycles. The minimum absolute atomic E-state index is 0.108. The Labute approximate surface area is 221 Å². The smallest absolute Gasteiger partial charge is 0.264 e. The number of halogens is 2. The minimum Gasteiger partial charge on any atom is -0.271 e. The molecule has 3 aromatic rings. The molecule has 0 saturated carbocycles. The summed E-state index contributed by atoms with van der Waals surface area (Å²) < 4.78 is 13.8. The molecular weight excluding hydrogens is 511 g/mol. The molecule has 3 aliphatic rings. The van der Waals surface area contributed by atoms with Crippen molar-refractivity contribution in [3.63, 3.8) is 0 Å². The van der Waals surface area contributed by atoms with E-state index in [1.807, 2.05) is 42.5 Å². The summed E-state index contributed by atoms with van der Waals surface area (Å²) in [7, 11) is 0. The van der Waals surface area contributed by atoms with Gasteiger partial charge in [0.05, 0.1) is 17.4 Å². The van der Waals surface area contributed by atoms with Gasteiger partial charge in [0.2, 0.25) is 0 Å². The largest absolute Gasteiger partial charge is 0.271 e. The van der Waals surface area contributed by atoms with E-state index in [1.54, 1.807) is 12.1 Å². The lowest BCUT2D eigenvalue weighted by atomic mass is 9.98. The van der Waals surface area contributed by atoms with Crippen molar-refractivity contribution >= 4 is 40.7 Å². The van der Waals surface area contributed by atoms with Crippen LogP contribution in [0.3, 0.4) is 0 Å². The molecule has 1 saturated heterocycles. The average Bonchev–Trinajstić information content (AvgIpc) is 3.60. The fraction of sp³-hybridized carbons (Fsp3) is 0.185. The number of carbonyl (C=O) groups excluding carboxylic acids is 3. The predicted octanol–water partition coefficient (Wildman–Crippen LogP) is 4.15. The molecule has 3 atom stereocenters. The number of imide groups is 1. The summed E-state index contributed by atoms with van der Waals surface area (Å²) in [6, 6.07) is 19.4. The molecule has 0 N–H and O–H groups in total. The Morgan fingerprint density at radius 2 is 1.74 bits per heavy atom. The van der Waals surface area contributed by atoms with Gasteiger partial charge in [0, 0.05) is 11.4 Å². The molecule has 0 bridgehead atoms. The molecular formula is C27H20ClFN6O3. The highest BCUT2D eigenvalue weighted by Crippen LogP contribution is 2.35. The molecule has 11 heteroatoms. The topological polar surface area (TPSA) is 98.0 Å². The number of hydrogen-bond donors (Lipinski definition) is 0. The molecule has 0 radical (unpaired) electrons. The zero-order valence-electron chi connectivity index (χ0n) is 19.8. The first-order chi connectivity index (χ1) is 18.4. The van der Waals surface area contributed by atoms with Crippen molar-refractivity contribution < 1.29 is 18.8 Å². The van der Waals surface area contributed by atoms with Crippen LogP contribution in [-0.2, 0) is 14.4 Å². The lowest BCUT2D eigenvalue weighted by molar-refractivity contribution is -0.135. The van der Waals surface area contributed by atoms with Gasteiger partial charge < -0.3 is 0 Å².